The summed E-state index contributed by atoms with van der Waals surface area (Å²) < 4.78 is 1.66. The Labute approximate surface area is 230 Å². The van der Waals surface area contributed by atoms with Gasteiger partial charge in [0, 0.05) is 30.6 Å². The molecule has 2 amide bonds. The third kappa shape index (κ3) is 4.88. The van der Waals surface area contributed by atoms with E-state index in [1.165, 1.54) is 23.1 Å². The van der Waals surface area contributed by atoms with E-state index in [4.69, 9.17) is 4.98 Å². The van der Waals surface area contributed by atoms with Crippen LogP contribution in [0.4, 0.5) is 5.69 Å². The van der Waals surface area contributed by atoms with Crippen molar-refractivity contribution in [1.82, 2.24) is 14.5 Å². The molecule has 196 valence electrons. The van der Waals surface area contributed by atoms with Gasteiger partial charge in [-0.2, -0.15) is 0 Å². The number of nitrogens with zero attached hydrogens (tertiary/aromatic N) is 4. The molecule has 2 aromatic carbocycles. The minimum atomic E-state index is -0.126. The minimum absolute atomic E-state index is 0.0298. The van der Waals surface area contributed by atoms with Crippen LogP contribution in [0.1, 0.15) is 35.4 Å². The first kappa shape index (κ1) is 26.2. The fraction of sp³-hybridized carbons (Fsp3) is 0.310. The Hall–Kier alpha value is -3.43. The van der Waals surface area contributed by atoms with Gasteiger partial charge in [-0.1, -0.05) is 42.1 Å². The minimum Gasteiger partial charge on any atom is -0.337 e. The lowest BCUT2D eigenvalue weighted by Crippen LogP contribution is -2.34. The first-order valence-corrected chi connectivity index (χ1v) is 14.5. The van der Waals surface area contributed by atoms with Crippen LogP contribution in [0, 0.1) is 13.8 Å². The number of amides is 2. The molecule has 0 aliphatic carbocycles. The number of hydrogen-bond donors (Lipinski definition) is 0. The van der Waals surface area contributed by atoms with Gasteiger partial charge >= 0.3 is 0 Å². The van der Waals surface area contributed by atoms with E-state index in [-0.39, 0.29) is 23.1 Å². The molecule has 2 aromatic heterocycles. The number of fused-ring (bicyclic) bond motifs is 3. The lowest BCUT2D eigenvalue weighted by Gasteiger charge is -2.25. The van der Waals surface area contributed by atoms with E-state index in [9.17, 15) is 14.4 Å². The van der Waals surface area contributed by atoms with Crippen LogP contribution in [-0.4, -0.2) is 45.1 Å². The first-order valence-electron chi connectivity index (χ1n) is 12.7. The predicted octanol–water partition coefficient (Wildman–Crippen LogP) is 5.11. The molecule has 0 saturated carbocycles. The number of rotatable bonds is 6. The molecule has 9 heteroatoms. The molecule has 0 saturated heterocycles. The molecule has 38 heavy (non-hydrogen) atoms. The highest BCUT2D eigenvalue weighted by atomic mass is 32.2. The summed E-state index contributed by atoms with van der Waals surface area (Å²) in [4.78, 5) is 49.6. The number of anilines is 1. The second-order valence-electron chi connectivity index (χ2n) is 9.46. The molecule has 0 bridgehead atoms. The Bertz CT molecular complexity index is 1610. The lowest BCUT2D eigenvalue weighted by atomic mass is 10.1. The van der Waals surface area contributed by atoms with E-state index in [0.717, 1.165) is 32.9 Å². The average Bonchev–Trinajstić information content (AvgIpc) is 3.26. The zero-order valence-corrected chi connectivity index (χ0v) is 23.6. The third-order valence-electron chi connectivity index (χ3n) is 6.90. The maximum Gasteiger partial charge on any atom is 0.267 e. The Morgan fingerprint density at radius 3 is 2.63 bits per heavy atom. The fourth-order valence-electron chi connectivity index (χ4n) is 4.92. The van der Waals surface area contributed by atoms with Crippen LogP contribution in [0.2, 0.25) is 0 Å². The number of carbonyl (C=O) groups is 2. The average molecular weight is 547 g/mol. The lowest BCUT2D eigenvalue weighted by molar-refractivity contribution is -0.129. The Kier molecular flexibility index (Phi) is 7.40. The maximum absolute atomic E-state index is 14.1. The van der Waals surface area contributed by atoms with Crippen molar-refractivity contribution in [1.29, 1.82) is 0 Å². The number of para-hydroxylation sites is 1. The topological polar surface area (TPSA) is 75.5 Å². The summed E-state index contributed by atoms with van der Waals surface area (Å²) in [7, 11) is 0. The molecule has 4 aromatic rings. The maximum atomic E-state index is 14.1. The normalized spacial score (nSPS) is 13.0. The van der Waals surface area contributed by atoms with E-state index in [2.05, 4.69) is 0 Å². The highest BCUT2D eigenvalue weighted by Crippen LogP contribution is 2.34. The zero-order chi connectivity index (χ0) is 27.0. The Morgan fingerprint density at radius 2 is 1.92 bits per heavy atom. The largest absolute Gasteiger partial charge is 0.337 e. The summed E-state index contributed by atoms with van der Waals surface area (Å²) in [6.45, 7) is 9.14. The van der Waals surface area contributed by atoms with Crippen LogP contribution in [0.25, 0.3) is 15.9 Å². The van der Waals surface area contributed by atoms with Crippen LogP contribution in [0.15, 0.2) is 58.5 Å². The van der Waals surface area contributed by atoms with Crippen LogP contribution in [0.5, 0.6) is 0 Å². The van der Waals surface area contributed by atoms with Crippen LogP contribution in [-0.2, 0) is 22.6 Å². The van der Waals surface area contributed by atoms with E-state index in [1.54, 1.807) is 21.3 Å². The zero-order valence-electron chi connectivity index (χ0n) is 22.0. The Morgan fingerprint density at radius 1 is 1.13 bits per heavy atom. The molecule has 5 rings (SSSR count). The van der Waals surface area contributed by atoms with Crippen molar-refractivity contribution in [3.63, 3.8) is 0 Å². The summed E-state index contributed by atoms with van der Waals surface area (Å²) in [6, 6.07) is 15.6. The molecule has 7 nitrogen and oxygen atoms in total. The quantitative estimate of drug-likeness (QED) is 0.248. The summed E-state index contributed by atoms with van der Waals surface area (Å²) in [6.07, 6.45) is 0.631. The summed E-state index contributed by atoms with van der Waals surface area (Å²) in [5.74, 6) is 0.132. The van der Waals surface area contributed by atoms with Gasteiger partial charge in [0.05, 0.1) is 23.4 Å². The molecular weight excluding hydrogens is 516 g/mol. The van der Waals surface area contributed by atoms with Crippen LogP contribution in [0.3, 0.4) is 0 Å². The van der Waals surface area contributed by atoms with Crippen molar-refractivity contribution in [2.24, 2.45) is 0 Å². The number of hydrogen-bond acceptors (Lipinski definition) is 6. The van der Waals surface area contributed by atoms with Crippen molar-refractivity contribution in [2.45, 2.75) is 45.8 Å². The number of carbonyl (C=O) groups excluding carboxylic acids is 2. The third-order valence-corrected chi connectivity index (χ3v) is 8.93. The number of aryl methyl sites for hydroxylation is 2. The standard InChI is InChI=1S/C29H30N4O3S2/c1-5-32(21-11-8-9-18(2)15-21)25(35)17-37-29-30-27-26(22-13-14-31(20(4)34)16-24(22)38-27)28(36)33(29)23-12-7-6-10-19(23)3/h6-12,15H,5,13-14,16-17H2,1-4H3. The van der Waals surface area contributed by atoms with Gasteiger partial charge in [-0.05, 0) is 62.1 Å². The van der Waals surface area contributed by atoms with Gasteiger partial charge in [0.25, 0.3) is 5.56 Å². The van der Waals surface area contributed by atoms with Gasteiger partial charge < -0.3 is 9.80 Å². The molecule has 0 unspecified atom stereocenters. The van der Waals surface area contributed by atoms with E-state index < -0.39 is 0 Å². The molecular formula is C29H30N4O3S2. The number of thioether (sulfide) groups is 1. The molecule has 1 aliphatic rings. The second-order valence-corrected chi connectivity index (χ2v) is 11.5. The molecule has 0 spiro atoms. The molecule has 0 fully saturated rings. The van der Waals surface area contributed by atoms with Gasteiger partial charge in [0.2, 0.25) is 11.8 Å². The first-order chi connectivity index (χ1) is 18.3. The summed E-state index contributed by atoms with van der Waals surface area (Å²) >= 11 is 2.76. The molecule has 0 N–H and O–H groups in total. The monoisotopic (exact) mass is 546 g/mol. The summed E-state index contributed by atoms with van der Waals surface area (Å²) in [5.41, 5.74) is 4.52. The summed E-state index contributed by atoms with van der Waals surface area (Å²) in [5, 5.41) is 1.12. The SMILES string of the molecule is CCN(C(=O)CSc1nc2sc3c(c2c(=O)n1-c1ccccc1C)CCN(C(C)=O)C3)c1cccc(C)c1. The highest BCUT2D eigenvalue weighted by molar-refractivity contribution is 7.99. The molecule has 1 aliphatic heterocycles. The smallest absolute Gasteiger partial charge is 0.267 e. The van der Waals surface area contributed by atoms with E-state index in [0.29, 0.717) is 41.4 Å². The van der Waals surface area contributed by atoms with E-state index in [1.807, 2.05) is 69.3 Å². The van der Waals surface area contributed by atoms with Crippen molar-refractivity contribution >= 4 is 50.8 Å². The number of benzene rings is 2. The number of aromatic nitrogens is 2. The predicted molar refractivity (Wildman–Crippen MR) is 155 cm³/mol. The second kappa shape index (κ2) is 10.7. The van der Waals surface area contributed by atoms with Crippen LogP contribution < -0.4 is 10.5 Å². The van der Waals surface area contributed by atoms with Crippen molar-refractivity contribution < 1.29 is 9.59 Å². The fourth-order valence-corrected chi connectivity index (χ4v) is 7.08. The Balaban J connectivity index is 1.56. The highest BCUT2D eigenvalue weighted by Gasteiger charge is 2.27. The van der Waals surface area contributed by atoms with Crippen molar-refractivity contribution in [3.8, 4) is 5.69 Å². The molecule has 3 heterocycles. The van der Waals surface area contributed by atoms with Gasteiger partial charge in [0.15, 0.2) is 5.16 Å². The van der Waals surface area contributed by atoms with Gasteiger partial charge in [0.1, 0.15) is 4.83 Å². The molecule has 0 radical (unpaired) electrons. The van der Waals surface area contributed by atoms with Crippen molar-refractivity contribution in [2.75, 3.05) is 23.7 Å². The van der Waals surface area contributed by atoms with Crippen LogP contribution >= 0.6 is 23.1 Å². The van der Waals surface area contributed by atoms with E-state index >= 15 is 0 Å². The number of thiophene rings is 1. The molecule has 0 atom stereocenters. The van der Waals surface area contributed by atoms with Gasteiger partial charge in [-0.3, -0.25) is 19.0 Å². The van der Waals surface area contributed by atoms with Gasteiger partial charge in [-0.25, -0.2) is 4.98 Å². The van der Waals surface area contributed by atoms with Gasteiger partial charge in [-0.15, -0.1) is 11.3 Å². The van der Waals surface area contributed by atoms with Crippen molar-refractivity contribution in [3.05, 3.63) is 80.5 Å².